The molecule has 4 fully saturated rings. The summed E-state index contributed by atoms with van der Waals surface area (Å²) in [5, 5.41) is 3.45. The van der Waals surface area contributed by atoms with Gasteiger partial charge in [0, 0.05) is 43.1 Å². The molecule has 2 aromatic heterocycles. The summed E-state index contributed by atoms with van der Waals surface area (Å²) in [5.41, 5.74) is 0.775. The van der Waals surface area contributed by atoms with Crippen molar-refractivity contribution in [1.82, 2.24) is 20.3 Å². The lowest BCUT2D eigenvalue weighted by atomic mass is 9.50. The second-order valence-corrected chi connectivity index (χ2v) is 9.20. The third-order valence-electron chi connectivity index (χ3n) is 6.64. The van der Waals surface area contributed by atoms with E-state index in [0.717, 1.165) is 68.2 Å². The summed E-state index contributed by atoms with van der Waals surface area (Å²) in [5.74, 6) is 2.73. The van der Waals surface area contributed by atoms with Crippen LogP contribution in [-0.4, -0.2) is 52.7 Å². The molecule has 31 heavy (non-hydrogen) atoms. The average molecular weight is 444 g/mol. The molecular formula is C22H26ClN5O3. The second-order valence-electron chi connectivity index (χ2n) is 8.84. The summed E-state index contributed by atoms with van der Waals surface area (Å²) in [6.07, 6.45) is 6.65. The molecule has 1 saturated heterocycles. The van der Waals surface area contributed by atoms with E-state index in [4.69, 9.17) is 21.1 Å². The van der Waals surface area contributed by atoms with Crippen LogP contribution in [-0.2, 0) is 0 Å². The zero-order valence-electron chi connectivity index (χ0n) is 17.7. The monoisotopic (exact) mass is 443 g/mol. The van der Waals surface area contributed by atoms with E-state index in [2.05, 4.69) is 25.2 Å². The molecule has 1 aliphatic heterocycles. The van der Waals surface area contributed by atoms with Crippen molar-refractivity contribution in [3.05, 3.63) is 34.9 Å². The minimum absolute atomic E-state index is 0.0192. The Balaban J connectivity index is 1.23. The second kappa shape index (κ2) is 7.82. The lowest BCUT2D eigenvalue weighted by Gasteiger charge is -2.61. The number of anilines is 1. The van der Waals surface area contributed by atoms with Crippen LogP contribution in [0.5, 0.6) is 11.6 Å². The van der Waals surface area contributed by atoms with Crippen LogP contribution in [0.25, 0.3) is 0 Å². The molecule has 2 bridgehead atoms. The van der Waals surface area contributed by atoms with Gasteiger partial charge >= 0.3 is 0 Å². The minimum Gasteiger partial charge on any atom is -0.489 e. The summed E-state index contributed by atoms with van der Waals surface area (Å²) in [6, 6.07) is 3.65. The normalized spacial score (nSPS) is 24.7. The van der Waals surface area contributed by atoms with Gasteiger partial charge in [0.25, 0.3) is 5.91 Å². The quantitative estimate of drug-likeness (QED) is 0.686. The van der Waals surface area contributed by atoms with Gasteiger partial charge in [-0.3, -0.25) is 4.79 Å². The number of halogens is 1. The van der Waals surface area contributed by atoms with Crippen LogP contribution >= 0.6 is 11.6 Å². The Hall–Kier alpha value is -2.61. The number of carbonyl (C=O) groups excluding carboxylic acids is 1. The number of carbonyl (C=O) groups is 1. The first-order valence-electron chi connectivity index (χ1n) is 10.7. The summed E-state index contributed by atoms with van der Waals surface area (Å²) in [6.45, 7) is 3.41. The molecular weight excluding hydrogens is 418 g/mol. The molecule has 1 amide bonds. The van der Waals surface area contributed by atoms with E-state index < -0.39 is 0 Å². The number of piperidine rings is 1. The molecule has 0 atom stereocenters. The number of nitrogens with one attached hydrogen (secondary N) is 1. The highest BCUT2D eigenvalue weighted by atomic mass is 35.5. The minimum atomic E-state index is -0.230. The molecule has 0 aromatic carbocycles. The molecule has 1 N–H and O–H groups in total. The lowest BCUT2D eigenvalue weighted by molar-refractivity contribution is -0.0440. The Kier molecular flexibility index (Phi) is 5.12. The highest BCUT2D eigenvalue weighted by Crippen LogP contribution is 2.56. The average Bonchev–Trinajstić information content (AvgIpc) is 2.73. The van der Waals surface area contributed by atoms with Crippen molar-refractivity contribution < 1.29 is 14.3 Å². The largest absolute Gasteiger partial charge is 0.489 e. The highest BCUT2D eigenvalue weighted by Gasteiger charge is 2.57. The topological polar surface area (TPSA) is 89.5 Å². The molecule has 3 heterocycles. The molecule has 0 radical (unpaired) electrons. The van der Waals surface area contributed by atoms with Crippen molar-refractivity contribution in [2.24, 2.45) is 5.92 Å². The van der Waals surface area contributed by atoms with Gasteiger partial charge in [-0.1, -0.05) is 11.6 Å². The van der Waals surface area contributed by atoms with E-state index >= 15 is 0 Å². The van der Waals surface area contributed by atoms with Crippen LogP contribution in [0.1, 0.15) is 48.3 Å². The Morgan fingerprint density at radius 2 is 1.97 bits per heavy atom. The Labute approximate surface area is 186 Å². The number of amides is 1. The lowest BCUT2D eigenvalue weighted by Crippen LogP contribution is -2.68. The van der Waals surface area contributed by atoms with Crippen molar-refractivity contribution >= 4 is 23.3 Å². The SMILES string of the molecule is COc1ccc(OC2CCN(c3nc(C(=O)NC45CC(C4)C5)nc(Cl)c3C)CC2)cn1. The third kappa shape index (κ3) is 3.89. The van der Waals surface area contributed by atoms with Gasteiger partial charge < -0.3 is 19.7 Å². The molecule has 8 nitrogen and oxygen atoms in total. The predicted octanol–water partition coefficient (Wildman–Crippen LogP) is 3.17. The van der Waals surface area contributed by atoms with E-state index in [-0.39, 0.29) is 23.4 Å². The summed E-state index contributed by atoms with van der Waals surface area (Å²) < 4.78 is 11.1. The van der Waals surface area contributed by atoms with Crippen LogP contribution in [0.2, 0.25) is 5.15 Å². The molecule has 3 saturated carbocycles. The number of aromatic nitrogens is 3. The number of rotatable bonds is 6. The fourth-order valence-corrected chi connectivity index (χ4v) is 4.92. The smallest absolute Gasteiger partial charge is 0.289 e. The number of hydrogen-bond donors (Lipinski definition) is 1. The van der Waals surface area contributed by atoms with Gasteiger partial charge in [-0.05, 0) is 38.2 Å². The van der Waals surface area contributed by atoms with Gasteiger partial charge in [0.2, 0.25) is 11.7 Å². The third-order valence-corrected chi connectivity index (χ3v) is 7.01. The first-order valence-corrected chi connectivity index (χ1v) is 11.1. The highest BCUT2D eigenvalue weighted by molar-refractivity contribution is 6.30. The van der Waals surface area contributed by atoms with Crippen LogP contribution in [0.4, 0.5) is 5.82 Å². The predicted molar refractivity (Wildman–Crippen MR) is 116 cm³/mol. The fourth-order valence-electron chi connectivity index (χ4n) is 4.75. The first-order chi connectivity index (χ1) is 14.9. The Bertz CT molecular complexity index is 974. The van der Waals surface area contributed by atoms with Crippen LogP contribution < -0.4 is 19.7 Å². The van der Waals surface area contributed by atoms with Crippen molar-refractivity contribution in [3.8, 4) is 11.6 Å². The summed E-state index contributed by atoms with van der Waals surface area (Å²) >= 11 is 6.37. The zero-order valence-corrected chi connectivity index (χ0v) is 18.5. The van der Waals surface area contributed by atoms with Crippen molar-refractivity contribution in [3.63, 3.8) is 0 Å². The fraction of sp³-hybridized carbons (Fsp3) is 0.545. The van der Waals surface area contributed by atoms with E-state index in [0.29, 0.717) is 11.0 Å². The first kappa shape index (κ1) is 20.3. The molecule has 2 aromatic rings. The van der Waals surface area contributed by atoms with Crippen molar-refractivity contribution in [1.29, 1.82) is 0 Å². The number of pyridine rings is 1. The van der Waals surface area contributed by atoms with Gasteiger partial charge in [0.1, 0.15) is 22.8 Å². The number of nitrogens with zero attached hydrogens (tertiary/aromatic N) is 4. The summed E-state index contributed by atoms with van der Waals surface area (Å²) in [4.78, 5) is 27.9. The van der Waals surface area contributed by atoms with Crippen molar-refractivity contribution in [2.45, 2.75) is 50.7 Å². The molecule has 0 unspecified atom stereocenters. The summed E-state index contributed by atoms with van der Waals surface area (Å²) in [7, 11) is 1.59. The van der Waals surface area contributed by atoms with E-state index in [1.165, 1.54) is 0 Å². The molecule has 3 aliphatic carbocycles. The van der Waals surface area contributed by atoms with Crippen LogP contribution in [0.3, 0.4) is 0 Å². The van der Waals surface area contributed by atoms with E-state index in [1.807, 2.05) is 13.0 Å². The van der Waals surface area contributed by atoms with Crippen LogP contribution in [0, 0.1) is 12.8 Å². The Morgan fingerprint density at radius 1 is 1.23 bits per heavy atom. The van der Waals surface area contributed by atoms with E-state index in [9.17, 15) is 4.79 Å². The van der Waals surface area contributed by atoms with Crippen LogP contribution in [0.15, 0.2) is 18.3 Å². The van der Waals surface area contributed by atoms with Crippen molar-refractivity contribution in [2.75, 3.05) is 25.1 Å². The van der Waals surface area contributed by atoms with Gasteiger partial charge in [0.05, 0.1) is 13.3 Å². The number of methoxy groups -OCH3 is 1. The molecule has 6 rings (SSSR count). The van der Waals surface area contributed by atoms with Gasteiger partial charge in [-0.25, -0.2) is 15.0 Å². The molecule has 4 aliphatic rings. The maximum Gasteiger partial charge on any atom is 0.289 e. The standard InChI is InChI=1S/C22H26ClN5O3/c1-13-18(23)25-19(21(29)27-22-9-14(10-22)11-22)26-20(13)28-7-5-15(6-8-28)31-16-3-4-17(30-2)24-12-16/h3-4,12,14-15H,5-11H2,1-2H3,(H,27,29). The molecule has 9 heteroatoms. The molecule has 164 valence electrons. The van der Waals surface area contributed by atoms with Gasteiger partial charge in [0.15, 0.2) is 0 Å². The molecule has 0 spiro atoms. The number of hydrogen-bond acceptors (Lipinski definition) is 7. The maximum atomic E-state index is 12.7. The maximum absolute atomic E-state index is 12.7. The van der Waals surface area contributed by atoms with Gasteiger partial charge in [-0.2, -0.15) is 0 Å². The number of ether oxygens (including phenoxy) is 2. The van der Waals surface area contributed by atoms with Gasteiger partial charge in [-0.15, -0.1) is 0 Å². The zero-order chi connectivity index (χ0) is 21.6. The van der Waals surface area contributed by atoms with E-state index in [1.54, 1.807) is 19.4 Å². The Morgan fingerprint density at radius 3 is 2.55 bits per heavy atom.